The van der Waals surface area contributed by atoms with Gasteiger partial charge in [0.1, 0.15) is 5.60 Å². The lowest BCUT2D eigenvalue weighted by Crippen LogP contribution is -2.41. The zero-order chi connectivity index (χ0) is 9.47. The van der Waals surface area contributed by atoms with Crippen LogP contribution in [-0.4, -0.2) is 29.2 Å². The molecule has 0 aromatic rings. The molecule has 0 unspecified atom stereocenters. The predicted octanol–water partition coefficient (Wildman–Crippen LogP) is 2.16. The number of amides is 1. The maximum atomic E-state index is 11.5. The molecule has 0 bridgehead atoms. The van der Waals surface area contributed by atoms with E-state index < -0.39 is 0 Å². The molecule has 0 aromatic carbocycles. The first-order valence-electron chi connectivity index (χ1n) is 5.23. The van der Waals surface area contributed by atoms with Crippen LogP contribution in [-0.2, 0) is 4.74 Å². The normalized spacial score (nSPS) is 30.5. The predicted molar refractivity (Wildman–Crippen MR) is 49.5 cm³/mol. The Morgan fingerprint density at radius 2 is 2.23 bits per heavy atom. The quantitative estimate of drug-likeness (QED) is 0.656. The Morgan fingerprint density at radius 1 is 1.54 bits per heavy atom. The molecule has 74 valence electrons. The zero-order valence-corrected chi connectivity index (χ0v) is 8.38. The summed E-state index contributed by atoms with van der Waals surface area (Å²) >= 11 is 0. The molecule has 2 rings (SSSR count). The smallest absolute Gasteiger partial charge is 0.410 e. The monoisotopic (exact) mass is 183 g/mol. The van der Waals surface area contributed by atoms with E-state index >= 15 is 0 Å². The molecule has 0 saturated carbocycles. The van der Waals surface area contributed by atoms with Crippen LogP contribution in [0.15, 0.2) is 0 Å². The number of cyclic esters (lactones) is 1. The summed E-state index contributed by atoms with van der Waals surface area (Å²) in [7, 11) is 0. The summed E-state index contributed by atoms with van der Waals surface area (Å²) in [6, 6.07) is 0.356. The average molecular weight is 183 g/mol. The van der Waals surface area contributed by atoms with Gasteiger partial charge in [-0.05, 0) is 25.7 Å². The fourth-order valence-electron chi connectivity index (χ4n) is 2.70. The molecule has 0 aliphatic carbocycles. The van der Waals surface area contributed by atoms with Crippen molar-refractivity contribution in [1.82, 2.24) is 4.90 Å². The van der Waals surface area contributed by atoms with Crippen molar-refractivity contribution >= 4 is 6.09 Å². The van der Waals surface area contributed by atoms with E-state index in [4.69, 9.17) is 4.74 Å². The second-order valence-corrected chi connectivity index (χ2v) is 3.99. The van der Waals surface area contributed by atoms with Crippen molar-refractivity contribution < 1.29 is 9.53 Å². The van der Waals surface area contributed by atoms with Crippen molar-refractivity contribution in [2.45, 2.75) is 51.2 Å². The number of carbonyl (C=O) groups excluding carboxylic acids is 1. The molecule has 2 fully saturated rings. The molecule has 2 saturated heterocycles. The second kappa shape index (κ2) is 2.89. The van der Waals surface area contributed by atoms with Crippen LogP contribution in [0.3, 0.4) is 0 Å². The summed E-state index contributed by atoms with van der Waals surface area (Å²) in [5, 5.41) is 0. The molecule has 2 aliphatic heterocycles. The lowest BCUT2D eigenvalue weighted by atomic mass is 9.88. The third-order valence-corrected chi connectivity index (χ3v) is 3.58. The van der Waals surface area contributed by atoms with Gasteiger partial charge in [0.05, 0.1) is 6.04 Å². The summed E-state index contributed by atoms with van der Waals surface area (Å²) in [6.45, 7) is 5.11. The highest BCUT2D eigenvalue weighted by atomic mass is 16.6. The molecule has 0 N–H and O–H groups in total. The maximum absolute atomic E-state index is 11.5. The SMILES string of the molecule is CCC1(CC)OC(=O)N2CCC[C@H]21. The molecule has 0 aromatic heterocycles. The summed E-state index contributed by atoms with van der Waals surface area (Å²) < 4.78 is 5.50. The summed E-state index contributed by atoms with van der Waals surface area (Å²) in [5.41, 5.74) is -0.173. The van der Waals surface area contributed by atoms with Crippen molar-refractivity contribution in [3.8, 4) is 0 Å². The first-order valence-corrected chi connectivity index (χ1v) is 5.23. The number of ether oxygens (including phenoxy) is 1. The number of carbonyl (C=O) groups is 1. The van der Waals surface area contributed by atoms with E-state index in [0.29, 0.717) is 6.04 Å². The molecule has 0 radical (unpaired) electrons. The molecule has 3 nitrogen and oxygen atoms in total. The molecule has 13 heavy (non-hydrogen) atoms. The highest BCUT2D eigenvalue weighted by Gasteiger charge is 2.53. The summed E-state index contributed by atoms with van der Waals surface area (Å²) in [4.78, 5) is 13.4. The molecule has 2 heterocycles. The summed E-state index contributed by atoms with van der Waals surface area (Å²) in [5.74, 6) is 0. The van der Waals surface area contributed by atoms with Crippen molar-refractivity contribution in [2.24, 2.45) is 0 Å². The van der Waals surface area contributed by atoms with Crippen LogP contribution in [0.1, 0.15) is 39.5 Å². The first-order chi connectivity index (χ1) is 6.23. The van der Waals surface area contributed by atoms with Crippen molar-refractivity contribution in [1.29, 1.82) is 0 Å². The Kier molecular flexibility index (Phi) is 1.97. The molecular weight excluding hydrogens is 166 g/mol. The minimum Gasteiger partial charge on any atom is -0.441 e. The van der Waals surface area contributed by atoms with Gasteiger partial charge in [-0.2, -0.15) is 0 Å². The minimum atomic E-state index is -0.173. The van der Waals surface area contributed by atoms with Gasteiger partial charge < -0.3 is 9.64 Å². The topological polar surface area (TPSA) is 29.5 Å². The highest BCUT2D eigenvalue weighted by Crippen LogP contribution is 2.41. The fraction of sp³-hybridized carbons (Fsp3) is 0.900. The second-order valence-electron chi connectivity index (χ2n) is 3.99. The Morgan fingerprint density at radius 3 is 2.85 bits per heavy atom. The zero-order valence-electron chi connectivity index (χ0n) is 8.38. The molecule has 2 aliphatic rings. The highest BCUT2D eigenvalue weighted by molar-refractivity contribution is 5.72. The lowest BCUT2D eigenvalue weighted by molar-refractivity contribution is 0.0278. The van der Waals surface area contributed by atoms with E-state index in [-0.39, 0.29) is 11.7 Å². The number of nitrogens with zero attached hydrogens (tertiary/aromatic N) is 1. The minimum absolute atomic E-state index is 0.0915. The van der Waals surface area contributed by atoms with Crippen molar-refractivity contribution in [3.05, 3.63) is 0 Å². The molecule has 1 atom stereocenters. The van der Waals surface area contributed by atoms with E-state index in [0.717, 1.165) is 32.2 Å². The van der Waals surface area contributed by atoms with Crippen molar-refractivity contribution in [2.75, 3.05) is 6.54 Å². The summed E-state index contributed by atoms with van der Waals surface area (Å²) in [6.07, 6.45) is 4.05. The van der Waals surface area contributed by atoms with Crippen LogP contribution >= 0.6 is 0 Å². The van der Waals surface area contributed by atoms with E-state index in [1.54, 1.807) is 0 Å². The van der Waals surface area contributed by atoms with Gasteiger partial charge in [-0.25, -0.2) is 4.79 Å². The van der Waals surface area contributed by atoms with Crippen molar-refractivity contribution in [3.63, 3.8) is 0 Å². The van der Waals surface area contributed by atoms with Gasteiger partial charge in [0.2, 0.25) is 0 Å². The van der Waals surface area contributed by atoms with Gasteiger partial charge >= 0.3 is 6.09 Å². The lowest BCUT2D eigenvalue weighted by Gasteiger charge is -2.29. The van der Waals surface area contributed by atoms with Crippen LogP contribution in [0.4, 0.5) is 4.79 Å². The number of rotatable bonds is 2. The average Bonchev–Trinajstić information content (AvgIpc) is 2.69. The first kappa shape index (κ1) is 8.85. The van der Waals surface area contributed by atoms with Gasteiger partial charge in [-0.3, -0.25) is 0 Å². The van der Waals surface area contributed by atoms with E-state index in [9.17, 15) is 4.79 Å². The van der Waals surface area contributed by atoms with Gasteiger partial charge in [0.15, 0.2) is 0 Å². The standard InChI is InChI=1S/C10H17NO2/c1-3-10(4-2)8-6-5-7-11(8)9(12)13-10/h8H,3-7H2,1-2H3/t8-/m0/s1. The van der Waals surface area contributed by atoms with Gasteiger partial charge in [0.25, 0.3) is 0 Å². The van der Waals surface area contributed by atoms with Gasteiger partial charge in [-0.1, -0.05) is 13.8 Å². The number of fused-ring (bicyclic) bond motifs is 1. The third kappa shape index (κ3) is 1.06. The van der Waals surface area contributed by atoms with Gasteiger partial charge in [0, 0.05) is 6.54 Å². The number of hydrogen-bond donors (Lipinski definition) is 0. The molecule has 3 heteroatoms. The van der Waals surface area contributed by atoms with Crippen LogP contribution in [0.5, 0.6) is 0 Å². The van der Waals surface area contributed by atoms with E-state index in [1.165, 1.54) is 0 Å². The number of hydrogen-bond acceptors (Lipinski definition) is 2. The molecular formula is C10H17NO2. The Balaban J connectivity index is 2.26. The fourth-order valence-corrected chi connectivity index (χ4v) is 2.70. The van der Waals surface area contributed by atoms with Crippen LogP contribution in [0.25, 0.3) is 0 Å². The molecule has 0 spiro atoms. The van der Waals surface area contributed by atoms with Gasteiger partial charge in [-0.15, -0.1) is 0 Å². The Bertz CT molecular complexity index is 223. The van der Waals surface area contributed by atoms with Crippen LogP contribution in [0.2, 0.25) is 0 Å². The van der Waals surface area contributed by atoms with E-state index in [1.807, 2.05) is 4.90 Å². The molecule has 1 amide bonds. The van der Waals surface area contributed by atoms with E-state index in [2.05, 4.69) is 13.8 Å². The van der Waals surface area contributed by atoms with Crippen LogP contribution < -0.4 is 0 Å². The Labute approximate surface area is 79.0 Å². The third-order valence-electron chi connectivity index (χ3n) is 3.58. The largest absolute Gasteiger partial charge is 0.441 e. The maximum Gasteiger partial charge on any atom is 0.410 e. The Hall–Kier alpha value is -0.730. The van der Waals surface area contributed by atoms with Crippen LogP contribution in [0, 0.1) is 0 Å².